The number of aromatic hydroxyl groups is 2. The van der Waals surface area contributed by atoms with Gasteiger partial charge in [-0.05, 0) is 34.4 Å². The van der Waals surface area contributed by atoms with Crippen LogP contribution >= 0.6 is 0 Å². The Bertz CT molecular complexity index is 2680. The fraction of sp³-hybridized carbons (Fsp3) is 0. The molecule has 0 saturated heterocycles. The highest BCUT2D eigenvalue weighted by molar-refractivity contribution is 6.00. The summed E-state index contributed by atoms with van der Waals surface area (Å²) < 4.78 is 3.38. The second-order valence-electron chi connectivity index (χ2n) is 12.1. The average Bonchev–Trinajstić information content (AvgIpc) is 3.67. The molecule has 8 rings (SSSR count). The Morgan fingerprint density at radius 1 is 0.385 bits per heavy atom. The Balaban J connectivity index is 1.71. The molecule has 2 N–H and O–H groups in total. The van der Waals surface area contributed by atoms with Gasteiger partial charge in [0, 0.05) is 0 Å². The number of hydrogen-bond donors (Lipinski definition) is 2. The summed E-state index contributed by atoms with van der Waals surface area (Å²) >= 11 is 0. The summed E-state index contributed by atoms with van der Waals surface area (Å²) in [5.41, 5.74) is 4.97. The number of fused-ring (bicyclic) bond motifs is 2. The monoisotopic (exact) mass is 668 g/mol. The van der Waals surface area contributed by atoms with Crippen LogP contribution in [0.4, 0.5) is 0 Å². The first-order valence-corrected chi connectivity index (χ1v) is 16.2. The SMILES string of the molecule is N#Cc1cc2c(O)c(-c3ccccc3)c(-c3ccccc3)n2c(-c2c(C#N)c(C#N)cc3c(O)c(-c4ccccc4)c(-c4ccccc4)n23)c1C#N. The van der Waals surface area contributed by atoms with Gasteiger partial charge in [0.05, 0.1) is 67.2 Å². The standard InChI is InChI=1S/C44H24N6O2/c45-23-31-21-35-43(51)37(27-13-5-1-6-14-27)39(29-17-9-3-10-18-29)49(35)41(33(31)25-47)42-34(26-48)32(24-46)22-36-44(52)38(28-15-7-2-8-16-28)40(50(36)42)30-19-11-4-12-20-30/h1-22,51-52H. The van der Waals surface area contributed by atoms with Crippen molar-refractivity contribution in [3.05, 3.63) is 156 Å². The maximum absolute atomic E-state index is 12.1. The largest absolute Gasteiger partial charge is 0.505 e. The smallest absolute Gasteiger partial charge is 0.149 e. The van der Waals surface area contributed by atoms with E-state index in [9.17, 15) is 31.3 Å². The minimum atomic E-state index is -0.137. The molecule has 242 valence electrons. The van der Waals surface area contributed by atoms with Gasteiger partial charge in [0.2, 0.25) is 0 Å². The molecule has 0 amide bonds. The third-order valence-electron chi connectivity index (χ3n) is 9.29. The van der Waals surface area contributed by atoms with Crippen molar-refractivity contribution >= 4 is 11.0 Å². The number of hydrogen-bond acceptors (Lipinski definition) is 6. The Hall–Kier alpha value is -8.04. The van der Waals surface area contributed by atoms with E-state index in [4.69, 9.17) is 0 Å². The second kappa shape index (κ2) is 12.4. The molecule has 0 fully saturated rings. The quantitative estimate of drug-likeness (QED) is 0.187. The summed E-state index contributed by atoms with van der Waals surface area (Å²) in [4.78, 5) is 0. The third-order valence-corrected chi connectivity index (χ3v) is 9.29. The van der Waals surface area contributed by atoms with Crippen molar-refractivity contribution in [3.63, 3.8) is 0 Å². The van der Waals surface area contributed by atoms with Crippen LogP contribution < -0.4 is 0 Å². The van der Waals surface area contributed by atoms with Gasteiger partial charge in [0.15, 0.2) is 0 Å². The maximum Gasteiger partial charge on any atom is 0.149 e. The predicted molar refractivity (Wildman–Crippen MR) is 198 cm³/mol. The van der Waals surface area contributed by atoms with Crippen molar-refractivity contribution in [2.45, 2.75) is 0 Å². The summed E-state index contributed by atoms with van der Waals surface area (Å²) in [5.74, 6) is -0.274. The molecule has 0 saturated carbocycles. The Labute approximate surface area is 298 Å². The summed E-state index contributed by atoms with van der Waals surface area (Å²) in [7, 11) is 0. The molecule has 0 bridgehead atoms. The lowest BCUT2D eigenvalue weighted by atomic mass is 9.97. The van der Waals surface area contributed by atoms with Crippen molar-refractivity contribution in [1.29, 1.82) is 21.0 Å². The van der Waals surface area contributed by atoms with Crippen molar-refractivity contribution in [3.8, 4) is 91.9 Å². The molecular formula is C44H24N6O2. The molecule has 8 nitrogen and oxygen atoms in total. The van der Waals surface area contributed by atoms with E-state index in [-0.39, 0.29) is 56.2 Å². The van der Waals surface area contributed by atoms with Crippen LogP contribution in [0.2, 0.25) is 0 Å². The zero-order valence-corrected chi connectivity index (χ0v) is 27.3. The Kier molecular flexibility index (Phi) is 7.48. The van der Waals surface area contributed by atoms with Gasteiger partial charge in [0.1, 0.15) is 35.8 Å². The van der Waals surface area contributed by atoms with E-state index in [1.54, 1.807) is 8.80 Å². The van der Waals surface area contributed by atoms with Crippen LogP contribution in [0.5, 0.6) is 11.5 Å². The Morgan fingerprint density at radius 3 is 0.981 bits per heavy atom. The molecule has 0 aliphatic heterocycles. The molecule has 0 unspecified atom stereocenters. The van der Waals surface area contributed by atoms with Gasteiger partial charge in [-0.3, -0.25) is 0 Å². The van der Waals surface area contributed by atoms with E-state index in [1.165, 1.54) is 12.1 Å². The zero-order valence-electron chi connectivity index (χ0n) is 27.3. The Morgan fingerprint density at radius 2 is 0.692 bits per heavy atom. The summed E-state index contributed by atoms with van der Waals surface area (Å²) in [6, 6.07) is 48.8. The molecule has 4 aromatic carbocycles. The molecule has 0 atom stereocenters. The highest BCUT2D eigenvalue weighted by Gasteiger charge is 2.32. The van der Waals surface area contributed by atoms with E-state index >= 15 is 0 Å². The fourth-order valence-corrected chi connectivity index (χ4v) is 7.13. The van der Waals surface area contributed by atoms with Crippen molar-refractivity contribution in [2.75, 3.05) is 0 Å². The van der Waals surface area contributed by atoms with Crippen LogP contribution in [-0.4, -0.2) is 19.0 Å². The minimum Gasteiger partial charge on any atom is -0.505 e. The van der Waals surface area contributed by atoms with Gasteiger partial charge in [0.25, 0.3) is 0 Å². The first kappa shape index (κ1) is 31.2. The van der Waals surface area contributed by atoms with Crippen LogP contribution in [0.15, 0.2) is 133 Å². The molecule has 0 aliphatic rings. The first-order chi connectivity index (χ1) is 25.5. The van der Waals surface area contributed by atoms with Crippen LogP contribution in [0, 0.1) is 45.3 Å². The van der Waals surface area contributed by atoms with Gasteiger partial charge in [-0.2, -0.15) is 21.0 Å². The molecule has 0 aliphatic carbocycles. The minimum absolute atomic E-state index is 0.0441. The van der Waals surface area contributed by atoms with Crippen LogP contribution in [0.25, 0.3) is 67.2 Å². The topological polar surface area (TPSA) is 144 Å². The van der Waals surface area contributed by atoms with Gasteiger partial charge < -0.3 is 19.0 Å². The summed E-state index contributed by atoms with van der Waals surface area (Å²) in [6.45, 7) is 0. The van der Waals surface area contributed by atoms with Crippen LogP contribution in [0.3, 0.4) is 0 Å². The molecule has 0 radical (unpaired) electrons. The average molecular weight is 669 g/mol. The first-order valence-electron chi connectivity index (χ1n) is 16.2. The maximum atomic E-state index is 12.1. The van der Waals surface area contributed by atoms with Crippen molar-refractivity contribution in [1.82, 2.24) is 8.80 Å². The van der Waals surface area contributed by atoms with Gasteiger partial charge in [-0.15, -0.1) is 0 Å². The lowest BCUT2D eigenvalue weighted by Gasteiger charge is -2.19. The molecule has 52 heavy (non-hydrogen) atoms. The number of benzene rings is 4. The van der Waals surface area contributed by atoms with Crippen LogP contribution in [0.1, 0.15) is 22.3 Å². The molecule has 8 heteroatoms. The normalized spacial score (nSPS) is 10.8. The van der Waals surface area contributed by atoms with E-state index in [0.29, 0.717) is 44.8 Å². The van der Waals surface area contributed by atoms with Gasteiger partial charge >= 0.3 is 0 Å². The zero-order chi connectivity index (χ0) is 35.9. The molecule has 4 aromatic heterocycles. The van der Waals surface area contributed by atoms with E-state index in [1.807, 2.05) is 121 Å². The van der Waals surface area contributed by atoms with Crippen molar-refractivity contribution in [2.24, 2.45) is 0 Å². The number of rotatable bonds is 5. The van der Waals surface area contributed by atoms with E-state index in [2.05, 4.69) is 24.3 Å². The highest BCUT2D eigenvalue weighted by atomic mass is 16.3. The molecule has 0 spiro atoms. The molecule has 8 aromatic rings. The second-order valence-corrected chi connectivity index (χ2v) is 12.1. The van der Waals surface area contributed by atoms with Crippen molar-refractivity contribution < 1.29 is 10.2 Å². The van der Waals surface area contributed by atoms with Crippen LogP contribution in [-0.2, 0) is 0 Å². The number of pyridine rings is 2. The summed E-state index contributed by atoms with van der Waals surface area (Å²) in [6.07, 6.45) is 0. The van der Waals surface area contributed by atoms with Gasteiger partial charge in [-0.25, -0.2) is 0 Å². The van der Waals surface area contributed by atoms with E-state index < -0.39 is 0 Å². The number of nitriles is 4. The highest BCUT2D eigenvalue weighted by Crippen LogP contribution is 2.50. The third kappa shape index (κ3) is 4.58. The van der Waals surface area contributed by atoms with Gasteiger partial charge in [-0.1, -0.05) is 121 Å². The molecule has 4 heterocycles. The predicted octanol–water partition coefficient (Wildman–Crippen LogP) is 9.42. The lowest BCUT2D eigenvalue weighted by Crippen LogP contribution is -2.08. The molecular weight excluding hydrogens is 645 g/mol. The summed E-state index contributed by atoms with van der Waals surface area (Å²) in [5, 5.41) is 67.1. The lowest BCUT2D eigenvalue weighted by molar-refractivity contribution is 0.483. The fourth-order valence-electron chi connectivity index (χ4n) is 7.13. The number of nitrogens with zero attached hydrogens (tertiary/aromatic N) is 6. The van der Waals surface area contributed by atoms with E-state index in [0.717, 1.165) is 0 Å². The number of aromatic nitrogens is 2.